The molecule has 0 aliphatic heterocycles. The second kappa shape index (κ2) is 8.06. The topological polar surface area (TPSA) is 46.5 Å². The first-order valence-corrected chi connectivity index (χ1v) is 6.86. The third kappa shape index (κ3) is 5.02. The number of carbonyl (C=O) groups excluding carboxylic acids is 1. The van der Waals surface area contributed by atoms with Crippen LogP contribution in [0.4, 0.5) is 0 Å². The Kier molecular flexibility index (Phi) is 6.68. The summed E-state index contributed by atoms with van der Waals surface area (Å²) in [6, 6.07) is 7.60. The third-order valence-corrected chi connectivity index (χ3v) is 3.01. The van der Waals surface area contributed by atoms with E-state index in [-0.39, 0.29) is 24.1 Å². The molecule has 1 N–H and O–H groups in total. The summed E-state index contributed by atoms with van der Waals surface area (Å²) in [6.45, 7) is 3.81. The minimum absolute atomic E-state index is 0.0366. The molecule has 0 bridgehead atoms. The average Bonchev–Trinajstić information content (AvgIpc) is 2.38. The summed E-state index contributed by atoms with van der Waals surface area (Å²) in [5.41, 5.74) is 1.02. The number of aliphatic hydroxyl groups excluding tert-OH is 1. The van der Waals surface area contributed by atoms with Crippen LogP contribution in [0.25, 0.3) is 0 Å². The standard InChI is InChI=1S/C14H17BrO3/c1-2-5-11-6-3-4-7-14(11)18-10-13(17)8-12(16)9-15/h2-4,6-7,13,17H,1,5,8-10H2. The van der Waals surface area contributed by atoms with Crippen LogP contribution in [0.15, 0.2) is 36.9 Å². The number of aliphatic hydroxyl groups is 1. The summed E-state index contributed by atoms with van der Waals surface area (Å²) in [4.78, 5) is 11.1. The number of ether oxygens (including phenoxy) is 1. The van der Waals surface area contributed by atoms with Crippen molar-refractivity contribution >= 4 is 21.7 Å². The van der Waals surface area contributed by atoms with Crippen LogP contribution in [-0.2, 0) is 11.2 Å². The lowest BCUT2D eigenvalue weighted by molar-refractivity contribution is -0.118. The molecule has 1 aromatic rings. The maximum Gasteiger partial charge on any atom is 0.146 e. The zero-order chi connectivity index (χ0) is 13.4. The second-order valence-electron chi connectivity index (χ2n) is 3.94. The van der Waals surface area contributed by atoms with Gasteiger partial charge in [0.1, 0.15) is 18.1 Å². The molecule has 0 fully saturated rings. The molecule has 0 amide bonds. The Bertz CT molecular complexity index is 404. The molecule has 1 unspecified atom stereocenters. The Labute approximate surface area is 116 Å². The number of ketones is 1. The molecule has 0 aliphatic rings. The quantitative estimate of drug-likeness (QED) is 0.592. The number of halogens is 1. The van der Waals surface area contributed by atoms with Gasteiger partial charge in [0.2, 0.25) is 0 Å². The van der Waals surface area contributed by atoms with Crippen molar-refractivity contribution in [2.75, 3.05) is 11.9 Å². The molecule has 3 nitrogen and oxygen atoms in total. The van der Waals surface area contributed by atoms with E-state index in [4.69, 9.17) is 4.74 Å². The van der Waals surface area contributed by atoms with Crippen molar-refractivity contribution in [3.63, 3.8) is 0 Å². The van der Waals surface area contributed by atoms with Gasteiger partial charge in [-0.05, 0) is 18.1 Å². The Morgan fingerprint density at radius 1 is 1.50 bits per heavy atom. The monoisotopic (exact) mass is 312 g/mol. The van der Waals surface area contributed by atoms with Gasteiger partial charge in [-0.1, -0.05) is 40.2 Å². The molecule has 0 heterocycles. The molecule has 0 radical (unpaired) electrons. The summed E-state index contributed by atoms with van der Waals surface area (Å²) in [5.74, 6) is 0.688. The number of allylic oxidation sites excluding steroid dienone is 1. The summed E-state index contributed by atoms with van der Waals surface area (Å²) >= 11 is 3.06. The first-order valence-electron chi connectivity index (χ1n) is 5.74. The van der Waals surface area contributed by atoms with Gasteiger partial charge >= 0.3 is 0 Å². The fraction of sp³-hybridized carbons (Fsp3) is 0.357. The van der Waals surface area contributed by atoms with Gasteiger partial charge in [0.05, 0.1) is 11.4 Å². The van der Waals surface area contributed by atoms with E-state index in [0.29, 0.717) is 6.42 Å². The van der Waals surface area contributed by atoms with Gasteiger partial charge in [-0.25, -0.2) is 0 Å². The molecule has 0 saturated heterocycles. The third-order valence-electron chi connectivity index (χ3n) is 2.38. The minimum atomic E-state index is -0.771. The molecule has 1 rings (SSSR count). The zero-order valence-corrected chi connectivity index (χ0v) is 11.7. The van der Waals surface area contributed by atoms with Crippen LogP contribution < -0.4 is 4.74 Å². The summed E-state index contributed by atoms with van der Waals surface area (Å²) in [7, 11) is 0. The molecular weight excluding hydrogens is 296 g/mol. The van der Waals surface area contributed by atoms with Crippen LogP contribution in [0.3, 0.4) is 0 Å². The van der Waals surface area contributed by atoms with E-state index in [9.17, 15) is 9.90 Å². The van der Waals surface area contributed by atoms with Crippen LogP contribution in [0.2, 0.25) is 0 Å². The fourth-order valence-corrected chi connectivity index (χ4v) is 1.76. The normalized spacial score (nSPS) is 11.9. The SMILES string of the molecule is C=CCc1ccccc1OCC(O)CC(=O)CBr. The first-order chi connectivity index (χ1) is 8.67. The first kappa shape index (κ1) is 14.9. The maximum absolute atomic E-state index is 11.1. The summed E-state index contributed by atoms with van der Waals surface area (Å²) < 4.78 is 5.53. The predicted octanol–water partition coefficient (Wildman–Crippen LogP) is 2.51. The van der Waals surface area contributed by atoms with Crippen LogP contribution >= 0.6 is 15.9 Å². The highest BCUT2D eigenvalue weighted by molar-refractivity contribution is 9.09. The maximum atomic E-state index is 11.1. The van der Waals surface area contributed by atoms with Crippen LogP contribution in [0, 0.1) is 0 Å². The Morgan fingerprint density at radius 3 is 2.89 bits per heavy atom. The molecular formula is C14H17BrO3. The van der Waals surface area contributed by atoms with Crippen molar-refractivity contribution in [1.82, 2.24) is 0 Å². The lowest BCUT2D eigenvalue weighted by Crippen LogP contribution is -2.22. The molecule has 0 spiro atoms. The van der Waals surface area contributed by atoms with E-state index in [2.05, 4.69) is 22.5 Å². The van der Waals surface area contributed by atoms with Crippen molar-refractivity contribution in [2.24, 2.45) is 0 Å². The molecule has 18 heavy (non-hydrogen) atoms. The highest BCUT2D eigenvalue weighted by Gasteiger charge is 2.11. The molecule has 0 aromatic heterocycles. The van der Waals surface area contributed by atoms with Gasteiger partial charge in [-0.15, -0.1) is 6.58 Å². The lowest BCUT2D eigenvalue weighted by Gasteiger charge is -2.13. The second-order valence-corrected chi connectivity index (χ2v) is 4.50. The highest BCUT2D eigenvalue weighted by atomic mass is 79.9. The van der Waals surface area contributed by atoms with E-state index < -0.39 is 6.10 Å². The van der Waals surface area contributed by atoms with E-state index in [1.807, 2.05) is 24.3 Å². The largest absolute Gasteiger partial charge is 0.491 e. The average molecular weight is 313 g/mol. The Hall–Kier alpha value is -1.13. The van der Waals surface area contributed by atoms with Gasteiger partial charge in [0.25, 0.3) is 0 Å². The van der Waals surface area contributed by atoms with E-state index in [1.54, 1.807) is 6.08 Å². The number of benzene rings is 1. The Morgan fingerprint density at radius 2 is 2.22 bits per heavy atom. The number of alkyl halides is 1. The predicted molar refractivity (Wildman–Crippen MR) is 75.3 cm³/mol. The van der Waals surface area contributed by atoms with Gasteiger partial charge in [-0.2, -0.15) is 0 Å². The number of hydrogen-bond acceptors (Lipinski definition) is 3. The number of carbonyl (C=O) groups is 1. The van der Waals surface area contributed by atoms with Crippen LogP contribution in [0.5, 0.6) is 5.75 Å². The van der Waals surface area contributed by atoms with E-state index in [1.165, 1.54) is 0 Å². The zero-order valence-electron chi connectivity index (χ0n) is 10.1. The van der Waals surface area contributed by atoms with Gasteiger partial charge in [0, 0.05) is 6.42 Å². The van der Waals surface area contributed by atoms with Crippen molar-refractivity contribution in [1.29, 1.82) is 0 Å². The van der Waals surface area contributed by atoms with Gasteiger partial charge in [0.15, 0.2) is 0 Å². The van der Waals surface area contributed by atoms with Gasteiger partial charge < -0.3 is 9.84 Å². The molecule has 0 aliphatic carbocycles. The lowest BCUT2D eigenvalue weighted by atomic mass is 10.1. The molecule has 1 aromatic carbocycles. The number of hydrogen-bond donors (Lipinski definition) is 1. The van der Waals surface area contributed by atoms with Crippen molar-refractivity contribution in [2.45, 2.75) is 18.9 Å². The van der Waals surface area contributed by atoms with E-state index in [0.717, 1.165) is 11.3 Å². The summed E-state index contributed by atoms with van der Waals surface area (Å²) in [5, 5.41) is 9.91. The van der Waals surface area contributed by atoms with Crippen molar-refractivity contribution in [3.8, 4) is 5.75 Å². The van der Waals surface area contributed by atoms with Crippen molar-refractivity contribution < 1.29 is 14.6 Å². The van der Waals surface area contributed by atoms with Gasteiger partial charge in [-0.3, -0.25) is 4.79 Å². The molecule has 98 valence electrons. The smallest absolute Gasteiger partial charge is 0.146 e. The molecule has 1 atom stereocenters. The summed E-state index contributed by atoms with van der Waals surface area (Å²) in [6.07, 6.45) is 1.85. The molecule has 4 heteroatoms. The van der Waals surface area contributed by atoms with Crippen LogP contribution in [-0.4, -0.2) is 28.9 Å². The fourth-order valence-electron chi connectivity index (χ4n) is 1.53. The van der Waals surface area contributed by atoms with Crippen LogP contribution in [0.1, 0.15) is 12.0 Å². The highest BCUT2D eigenvalue weighted by Crippen LogP contribution is 2.19. The molecule has 0 saturated carbocycles. The Balaban J connectivity index is 2.52. The number of rotatable bonds is 8. The van der Waals surface area contributed by atoms with E-state index >= 15 is 0 Å². The minimum Gasteiger partial charge on any atom is -0.491 e. The number of Topliss-reactive ketones (excluding diaryl/α,β-unsaturated/α-hetero) is 1. The van der Waals surface area contributed by atoms with Crippen molar-refractivity contribution in [3.05, 3.63) is 42.5 Å². The number of para-hydroxylation sites is 1.